The Balaban J connectivity index is 1.82. The van der Waals surface area contributed by atoms with Gasteiger partial charge in [-0.05, 0) is 44.5 Å². The summed E-state index contributed by atoms with van der Waals surface area (Å²) in [5, 5.41) is 8.17. The van der Waals surface area contributed by atoms with E-state index in [0.717, 1.165) is 22.6 Å². The highest BCUT2D eigenvalue weighted by Gasteiger charge is 2.17. The zero-order valence-electron chi connectivity index (χ0n) is 13.8. The van der Waals surface area contributed by atoms with E-state index in [1.807, 2.05) is 42.8 Å². The molecule has 0 aliphatic heterocycles. The molecule has 0 aliphatic carbocycles. The van der Waals surface area contributed by atoms with E-state index in [0.29, 0.717) is 22.9 Å². The molecule has 0 saturated carbocycles. The predicted molar refractivity (Wildman–Crippen MR) is 93.7 cm³/mol. The number of carbonyl (C=O) groups is 1. The van der Waals surface area contributed by atoms with Gasteiger partial charge in [-0.2, -0.15) is 5.10 Å². The van der Waals surface area contributed by atoms with Crippen LogP contribution in [0.5, 0.6) is 0 Å². The van der Waals surface area contributed by atoms with Crippen LogP contribution in [-0.2, 0) is 6.54 Å². The molecule has 1 aromatic carbocycles. The van der Waals surface area contributed by atoms with Crippen molar-refractivity contribution in [3.05, 3.63) is 69.9 Å². The molecule has 0 radical (unpaired) electrons. The van der Waals surface area contributed by atoms with E-state index in [1.165, 1.54) is 6.26 Å². The summed E-state index contributed by atoms with van der Waals surface area (Å²) in [6.07, 6.45) is 1.51. The zero-order valence-corrected chi connectivity index (χ0v) is 14.5. The monoisotopic (exact) mass is 343 g/mol. The van der Waals surface area contributed by atoms with Gasteiger partial charge in [0.25, 0.3) is 5.91 Å². The molecule has 0 unspecified atom stereocenters. The lowest BCUT2D eigenvalue weighted by atomic mass is 10.2. The molecule has 2 heterocycles. The van der Waals surface area contributed by atoms with Gasteiger partial charge in [0, 0.05) is 5.02 Å². The molecule has 0 bridgehead atoms. The van der Waals surface area contributed by atoms with E-state index in [-0.39, 0.29) is 5.91 Å². The predicted octanol–water partition coefficient (Wildman–Crippen LogP) is 4.36. The second-order valence-corrected chi connectivity index (χ2v) is 6.11. The number of furan rings is 1. The number of hydrogen-bond acceptors (Lipinski definition) is 3. The van der Waals surface area contributed by atoms with Crippen LogP contribution >= 0.6 is 11.6 Å². The van der Waals surface area contributed by atoms with Gasteiger partial charge in [0.15, 0.2) is 0 Å². The van der Waals surface area contributed by atoms with Crippen LogP contribution in [0, 0.1) is 20.8 Å². The molecule has 5 nitrogen and oxygen atoms in total. The van der Waals surface area contributed by atoms with E-state index in [1.54, 1.807) is 13.0 Å². The molecule has 6 heteroatoms. The van der Waals surface area contributed by atoms with Crippen molar-refractivity contribution >= 4 is 23.2 Å². The van der Waals surface area contributed by atoms with E-state index in [4.69, 9.17) is 16.0 Å². The highest BCUT2D eigenvalue weighted by atomic mass is 35.5. The number of anilines is 1. The molecular weight excluding hydrogens is 326 g/mol. The number of aryl methyl sites for hydroxylation is 2. The first-order valence-corrected chi connectivity index (χ1v) is 7.97. The van der Waals surface area contributed by atoms with Crippen molar-refractivity contribution in [3.8, 4) is 0 Å². The Labute approximate surface area is 145 Å². The largest absolute Gasteiger partial charge is 0.469 e. The zero-order chi connectivity index (χ0) is 17.3. The molecule has 0 fully saturated rings. The van der Waals surface area contributed by atoms with Gasteiger partial charge in [-0.25, -0.2) is 0 Å². The van der Waals surface area contributed by atoms with Gasteiger partial charge in [0.05, 0.1) is 35.4 Å². The van der Waals surface area contributed by atoms with Crippen LogP contribution in [-0.4, -0.2) is 15.7 Å². The quantitative estimate of drug-likeness (QED) is 0.765. The minimum absolute atomic E-state index is 0.196. The Morgan fingerprint density at radius 2 is 1.92 bits per heavy atom. The lowest BCUT2D eigenvalue weighted by Gasteiger charge is -2.07. The van der Waals surface area contributed by atoms with Crippen molar-refractivity contribution in [2.75, 3.05) is 5.32 Å². The fourth-order valence-corrected chi connectivity index (χ4v) is 2.72. The minimum atomic E-state index is -0.196. The van der Waals surface area contributed by atoms with Gasteiger partial charge in [0.1, 0.15) is 5.76 Å². The Hall–Kier alpha value is -2.53. The van der Waals surface area contributed by atoms with Crippen LogP contribution in [0.25, 0.3) is 0 Å². The second-order valence-electron chi connectivity index (χ2n) is 5.67. The number of rotatable bonds is 4. The number of halogens is 1. The maximum Gasteiger partial charge on any atom is 0.259 e. The van der Waals surface area contributed by atoms with E-state index >= 15 is 0 Å². The van der Waals surface area contributed by atoms with Crippen LogP contribution < -0.4 is 5.32 Å². The van der Waals surface area contributed by atoms with Gasteiger partial charge in [-0.3, -0.25) is 9.48 Å². The molecule has 0 aliphatic rings. The molecular formula is C18H18ClN3O2. The summed E-state index contributed by atoms with van der Waals surface area (Å²) in [4.78, 5) is 12.4. The van der Waals surface area contributed by atoms with Crippen molar-refractivity contribution < 1.29 is 9.21 Å². The third kappa shape index (κ3) is 3.21. The summed E-state index contributed by atoms with van der Waals surface area (Å²) in [5.41, 5.74) is 4.02. The van der Waals surface area contributed by atoms with Gasteiger partial charge in [-0.15, -0.1) is 0 Å². The number of nitrogens with zero attached hydrogens (tertiary/aromatic N) is 2. The first kappa shape index (κ1) is 16.3. The molecule has 0 saturated heterocycles. The van der Waals surface area contributed by atoms with Gasteiger partial charge in [-0.1, -0.05) is 23.7 Å². The average molecular weight is 344 g/mol. The molecule has 3 rings (SSSR count). The van der Waals surface area contributed by atoms with Crippen molar-refractivity contribution in [2.24, 2.45) is 0 Å². The van der Waals surface area contributed by atoms with Crippen molar-refractivity contribution in [2.45, 2.75) is 27.3 Å². The van der Waals surface area contributed by atoms with Gasteiger partial charge < -0.3 is 9.73 Å². The SMILES string of the molecule is Cc1nn(Cc2ccc(Cl)cc2)c(C)c1NC(=O)c1ccoc1C. The topological polar surface area (TPSA) is 60.1 Å². The van der Waals surface area contributed by atoms with Crippen LogP contribution in [0.2, 0.25) is 5.02 Å². The molecule has 3 aromatic rings. The Morgan fingerprint density at radius 1 is 1.21 bits per heavy atom. The Bertz CT molecular complexity index is 878. The smallest absolute Gasteiger partial charge is 0.259 e. The van der Waals surface area contributed by atoms with E-state index in [2.05, 4.69) is 10.4 Å². The molecule has 124 valence electrons. The number of nitrogens with one attached hydrogen (secondary N) is 1. The minimum Gasteiger partial charge on any atom is -0.469 e. The maximum atomic E-state index is 12.4. The third-order valence-electron chi connectivity index (χ3n) is 3.97. The number of hydrogen-bond donors (Lipinski definition) is 1. The number of aromatic nitrogens is 2. The molecule has 1 amide bonds. The first-order chi connectivity index (χ1) is 11.5. The summed E-state index contributed by atoms with van der Waals surface area (Å²) in [6.45, 7) is 6.19. The normalized spacial score (nSPS) is 10.8. The van der Waals surface area contributed by atoms with Crippen molar-refractivity contribution in [1.29, 1.82) is 0 Å². The molecule has 1 N–H and O–H groups in total. The third-order valence-corrected chi connectivity index (χ3v) is 4.22. The fourth-order valence-electron chi connectivity index (χ4n) is 2.60. The van der Waals surface area contributed by atoms with E-state index in [9.17, 15) is 4.79 Å². The molecule has 24 heavy (non-hydrogen) atoms. The summed E-state index contributed by atoms with van der Waals surface area (Å²) in [5.74, 6) is 0.398. The highest BCUT2D eigenvalue weighted by molar-refractivity contribution is 6.30. The highest BCUT2D eigenvalue weighted by Crippen LogP contribution is 2.22. The number of carbonyl (C=O) groups excluding carboxylic acids is 1. The van der Waals surface area contributed by atoms with Crippen LogP contribution in [0.3, 0.4) is 0 Å². The molecule has 0 atom stereocenters. The van der Waals surface area contributed by atoms with Crippen LogP contribution in [0.1, 0.15) is 33.1 Å². The Morgan fingerprint density at radius 3 is 2.54 bits per heavy atom. The summed E-state index contributed by atoms with van der Waals surface area (Å²) >= 11 is 5.92. The summed E-state index contributed by atoms with van der Waals surface area (Å²) in [6, 6.07) is 9.30. The summed E-state index contributed by atoms with van der Waals surface area (Å²) < 4.78 is 7.06. The molecule has 0 spiro atoms. The van der Waals surface area contributed by atoms with Crippen molar-refractivity contribution in [1.82, 2.24) is 9.78 Å². The molecule has 2 aromatic heterocycles. The maximum absolute atomic E-state index is 12.4. The summed E-state index contributed by atoms with van der Waals surface area (Å²) in [7, 11) is 0. The van der Waals surface area contributed by atoms with Crippen molar-refractivity contribution in [3.63, 3.8) is 0 Å². The fraction of sp³-hybridized carbons (Fsp3) is 0.222. The van der Waals surface area contributed by atoms with Gasteiger partial charge in [0.2, 0.25) is 0 Å². The number of amides is 1. The standard InChI is InChI=1S/C18H18ClN3O2/c1-11-17(20-18(23)16-8-9-24-13(16)3)12(2)22(21-11)10-14-4-6-15(19)7-5-14/h4-9H,10H2,1-3H3,(H,20,23). The van der Waals surface area contributed by atoms with E-state index < -0.39 is 0 Å². The van der Waals surface area contributed by atoms with Gasteiger partial charge >= 0.3 is 0 Å². The second kappa shape index (κ2) is 6.53. The average Bonchev–Trinajstić information content (AvgIpc) is 3.08. The first-order valence-electron chi connectivity index (χ1n) is 7.59. The lowest BCUT2D eigenvalue weighted by molar-refractivity contribution is 0.102. The van der Waals surface area contributed by atoms with Crippen LogP contribution in [0.4, 0.5) is 5.69 Å². The Kier molecular flexibility index (Phi) is 4.44. The number of benzene rings is 1. The van der Waals surface area contributed by atoms with Crippen LogP contribution in [0.15, 0.2) is 41.0 Å². The lowest BCUT2D eigenvalue weighted by Crippen LogP contribution is -2.13.